The van der Waals surface area contributed by atoms with Gasteiger partial charge >= 0.3 is 5.91 Å². The van der Waals surface area contributed by atoms with Crippen molar-refractivity contribution in [2.75, 3.05) is 0 Å². The van der Waals surface area contributed by atoms with Gasteiger partial charge < -0.3 is 0 Å². The molecular formula is C7H4N2O5S3. The van der Waals surface area contributed by atoms with E-state index >= 15 is 0 Å². The molecule has 7 nitrogen and oxygen atoms in total. The van der Waals surface area contributed by atoms with Crippen LogP contribution in [0.15, 0.2) is 19.7 Å². The van der Waals surface area contributed by atoms with Crippen LogP contribution < -0.4 is 5.14 Å². The summed E-state index contributed by atoms with van der Waals surface area (Å²) >= 11 is 1.62. The highest BCUT2D eigenvalue weighted by atomic mass is 32.3. The highest BCUT2D eigenvalue weighted by molar-refractivity contribution is 8.04. The van der Waals surface area contributed by atoms with Gasteiger partial charge in [0.05, 0.1) is 4.21 Å². The molecule has 1 amide bonds. The highest BCUT2D eigenvalue weighted by Gasteiger charge is 2.40. The van der Waals surface area contributed by atoms with Gasteiger partial charge in [0.25, 0.3) is 0 Å². The molecule has 0 saturated carbocycles. The van der Waals surface area contributed by atoms with Gasteiger partial charge in [0.1, 0.15) is 4.21 Å². The standard InChI is InChI=1S/C7H4N2O5S3/c8-17(13,14)3-1-2-4(10)5(6(11)9-12)16-7(2)15-3/h1,5H,(H2,8,13,14). The zero-order valence-corrected chi connectivity index (χ0v) is 10.4. The van der Waals surface area contributed by atoms with Crippen LogP contribution in [-0.4, -0.2) is 25.4 Å². The molecule has 2 heterocycles. The number of hydrogen-bond donors (Lipinski definition) is 1. The van der Waals surface area contributed by atoms with Gasteiger partial charge in [-0.2, -0.15) is 0 Å². The Hall–Kier alpha value is -1.10. The topological polar surface area (TPSA) is 124 Å². The number of nitrogens with two attached hydrogens (primary N) is 1. The van der Waals surface area contributed by atoms with Crippen LogP contribution >= 0.6 is 23.1 Å². The fourth-order valence-electron chi connectivity index (χ4n) is 1.26. The number of Topliss-reactive ketones (excluding diaryl/α,β-unsaturated/α-hetero) is 1. The molecule has 1 unspecified atom stereocenters. The van der Waals surface area contributed by atoms with Crippen molar-refractivity contribution in [3.63, 3.8) is 0 Å². The van der Waals surface area contributed by atoms with Crippen molar-refractivity contribution in [3.8, 4) is 0 Å². The molecule has 1 aliphatic heterocycles. The van der Waals surface area contributed by atoms with Crippen molar-refractivity contribution in [3.05, 3.63) is 16.5 Å². The number of thioether (sulfide) groups is 1. The summed E-state index contributed by atoms with van der Waals surface area (Å²) in [4.78, 5) is 32.7. The molecule has 17 heavy (non-hydrogen) atoms. The summed E-state index contributed by atoms with van der Waals surface area (Å²) in [7, 11) is -3.86. The lowest BCUT2D eigenvalue weighted by molar-refractivity contribution is -0.116. The van der Waals surface area contributed by atoms with Crippen molar-refractivity contribution in [1.29, 1.82) is 0 Å². The van der Waals surface area contributed by atoms with E-state index in [-0.39, 0.29) is 9.77 Å². The maximum absolute atomic E-state index is 11.7. The Kier molecular flexibility index (Phi) is 2.89. The second-order valence-electron chi connectivity index (χ2n) is 3.10. The highest BCUT2D eigenvalue weighted by Crippen LogP contribution is 2.44. The molecular weight excluding hydrogens is 288 g/mol. The van der Waals surface area contributed by atoms with Crippen LogP contribution in [0.2, 0.25) is 0 Å². The number of nitroso groups, excluding NO2 is 1. The lowest BCUT2D eigenvalue weighted by Crippen LogP contribution is -2.21. The van der Waals surface area contributed by atoms with Crippen molar-refractivity contribution in [2.24, 2.45) is 10.3 Å². The fraction of sp³-hybridized carbons (Fsp3) is 0.143. The van der Waals surface area contributed by atoms with E-state index in [4.69, 9.17) is 5.14 Å². The summed E-state index contributed by atoms with van der Waals surface area (Å²) in [6.45, 7) is 0. The normalized spacial score (nSPS) is 19.1. The van der Waals surface area contributed by atoms with Crippen molar-refractivity contribution < 1.29 is 18.0 Å². The van der Waals surface area contributed by atoms with Gasteiger partial charge in [-0.15, -0.1) is 16.2 Å². The Labute approximate surface area is 103 Å². The molecule has 0 fully saturated rings. The minimum Gasteiger partial charge on any atom is -0.292 e. The number of rotatable bonds is 2. The van der Waals surface area contributed by atoms with E-state index < -0.39 is 27.0 Å². The number of primary sulfonamides is 1. The Bertz CT molecular complexity index is 632. The number of thiophene rings is 1. The molecule has 90 valence electrons. The maximum Gasteiger partial charge on any atom is 0.307 e. The van der Waals surface area contributed by atoms with Crippen LogP contribution in [-0.2, 0) is 14.8 Å². The molecule has 0 aliphatic carbocycles. The molecule has 0 saturated heterocycles. The van der Waals surface area contributed by atoms with E-state index in [1.54, 1.807) is 0 Å². The van der Waals surface area contributed by atoms with E-state index in [1.807, 2.05) is 0 Å². The zero-order valence-electron chi connectivity index (χ0n) is 7.95. The quantitative estimate of drug-likeness (QED) is 0.619. The average molecular weight is 292 g/mol. The number of fused-ring (bicyclic) bond motifs is 1. The molecule has 1 aliphatic rings. The first kappa shape index (κ1) is 12.4. The lowest BCUT2D eigenvalue weighted by Gasteiger charge is -1.98. The number of amides is 1. The van der Waals surface area contributed by atoms with Crippen LogP contribution in [0.1, 0.15) is 10.4 Å². The molecule has 0 radical (unpaired) electrons. The summed E-state index contributed by atoms with van der Waals surface area (Å²) < 4.78 is 22.3. The van der Waals surface area contributed by atoms with Gasteiger partial charge in [0, 0.05) is 10.7 Å². The molecule has 1 aromatic rings. The van der Waals surface area contributed by atoms with E-state index in [0.29, 0.717) is 4.21 Å². The Morgan fingerprint density at radius 2 is 2.12 bits per heavy atom. The van der Waals surface area contributed by atoms with Crippen LogP contribution in [0.25, 0.3) is 0 Å². The van der Waals surface area contributed by atoms with Crippen molar-refractivity contribution in [2.45, 2.75) is 13.7 Å². The van der Waals surface area contributed by atoms with E-state index in [1.165, 1.54) is 0 Å². The number of sulfonamides is 1. The van der Waals surface area contributed by atoms with Gasteiger partial charge in [0.2, 0.25) is 10.0 Å². The van der Waals surface area contributed by atoms with Gasteiger partial charge in [-0.05, 0) is 6.07 Å². The third-order valence-corrected chi connectivity index (χ3v) is 5.97. The zero-order chi connectivity index (χ0) is 12.8. The molecule has 2 N–H and O–H groups in total. The number of carbonyl (C=O) groups excluding carboxylic acids is 2. The Morgan fingerprint density at radius 1 is 1.47 bits per heavy atom. The van der Waals surface area contributed by atoms with Gasteiger partial charge in [-0.3, -0.25) is 9.59 Å². The van der Waals surface area contributed by atoms with E-state index in [9.17, 15) is 22.9 Å². The summed E-state index contributed by atoms with van der Waals surface area (Å²) in [5.74, 6) is -1.68. The number of hydrogen-bond acceptors (Lipinski definition) is 7. The van der Waals surface area contributed by atoms with Gasteiger partial charge in [-0.1, -0.05) is 11.8 Å². The minimum atomic E-state index is -3.86. The maximum atomic E-state index is 11.7. The second-order valence-corrected chi connectivity index (χ2v) is 7.32. The monoisotopic (exact) mass is 292 g/mol. The van der Waals surface area contributed by atoms with Crippen LogP contribution in [0.3, 0.4) is 0 Å². The first-order valence-electron chi connectivity index (χ1n) is 4.09. The summed E-state index contributed by atoms with van der Waals surface area (Å²) in [6, 6.07) is 1.11. The van der Waals surface area contributed by atoms with Crippen LogP contribution in [0, 0.1) is 4.91 Å². The summed E-state index contributed by atoms with van der Waals surface area (Å²) in [5, 5.41) is 5.90. The SMILES string of the molecule is NS(=O)(=O)c1cc2c(s1)SC(C(=O)N=O)C2=O. The first-order valence-corrected chi connectivity index (χ1v) is 7.33. The van der Waals surface area contributed by atoms with Gasteiger partial charge in [-0.25, -0.2) is 13.6 Å². The summed E-state index contributed by atoms with van der Waals surface area (Å²) in [5.41, 5.74) is 0.103. The molecule has 2 rings (SSSR count). The van der Waals surface area contributed by atoms with Crippen molar-refractivity contribution in [1.82, 2.24) is 0 Å². The van der Waals surface area contributed by atoms with E-state index in [2.05, 4.69) is 5.18 Å². The molecule has 0 aromatic carbocycles. The number of ketones is 1. The predicted molar refractivity (Wildman–Crippen MR) is 60.5 cm³/mol. The second kappa shape index (κ2) is 3.98. The van der Waals surface area contributed by atoms with Crippen LogP contribution in [0.5, 0.6) is 0 Å². The third kappa shape index (κ3) is 2.04. The molecule has 10 heteroatoms. The average Bonchev–Trinajstić information content (AvgIpc) is 2.77. The number of nitrogens with zero attached hydrogens (tertiary/aromatic N) is 1. The summed E-state index contributed by atoms with van der Waals surface area (Å²) in [6.07, 6.45) is 0. The Morgan fingerprint density at radius 3 is 2.59 bits per heavy atom. The first-order chi connectivity index (χ1) is 7.84. The lowest BCUT2D eigenvalue weighted by atomic mass is 10.1. The minimum absolute atomic E-state index is 0.103. The number of carbonyl (C=O) groups is 2. The third-order valence-electron chi connectivity index (χ3n) is 2.00. The fourth-order valence-corrected chi connectivity index (χ4v) is 4.68. The van der Waals surface area contributed by atoms with Gasteiger partial charge in [0.15, 0.2) is 11.0 Å². The molecule has 1 aromatic heterocycles. The molecule has 0 spiro atoms. The largest absolute Gasteiger partial charge is 0.307 e. The van der Waals surface area contributed by atoms with Crippen molar-refractivity contribution >= 4 is 44.8 Å². The molecule has 1 atom stereocenters. The predicted octanol–water partition coefficient (Wildman–Crippen LogP) is 0.346. The Balaban J connectivity index is 2.41. The molecule has 0 bridgehead atoms. The van der Waals surface area contributed by atoms with E-state index in [0.717, 1.165) is 29.2 Å². The van der Waals surface area contributed by atoms with Crippen LogP contribution in [0.4, 0.5) is 0 Å². The smallest absolute Gasteiger partial charge is 0.292 e.